The number of H-pyrrole nitrogens is 1. The lowest BCUT2D eigenvalue weighted by Gasteiger charge is -2.47. The van der Waals surface area contributed by atoms with Crippen LogP contribution in [0.15, 0.2) is 42.9 Å². The van der Waals surface area contributed by atoms with Crippen molar-refractivity contribution in [2.24, 2.45) is 29.6 Å². The topological polar surface area (TPSA) is 162 Å². The Hall–Kier alpha value is -3.77. The second kappa shape index (κ2) is 17.8. The van der Waals surface area contributed by atoms with Crippen LogP contribution < -0.4 is 0 Å². The normalized spacial score (nSPS) is 37.4. The summed E-state index contributed by atoms with van der Waals surface area (Å²) in [6, 6.07) is 3.40. The van der Waals surface area contributed by atoms with Gasteiger partial charge in [0.15, 0.2) is 12.1 Å². The molecule has 13 atom stereocenters. The minimum absolute atomic E-state index is 0.0590. The molecule has 5 heterocycles. The van der Waals surface area contributed by atoms with Crippen LogP contribution in [0.3, 0.4) is 0 Å². The van der Waals surface area contributed by atoms with Crippen molar-refractivity contribution in [2.75, 3.05) is 27.3 Å². The van der Waals surface area contributed by atoms with Gasteiger partial charge in [0.1, 0.15) is 41.8 Å². The summed E-state index contributed by atoms with van der Waals surface area (Å²) in [5, 5.41) is 11.6. The minimum atomic E-state index is -1.36. The van der Waals surface area contributed by atoms with E-state index in [-0.39, 0.29) is 37.6 Å². The number of nitrogens with zero attached hydrogens (tertiary/aromatic N) is 3. The Kier molecular flexibility index (Phi) is 13.8. The molecule has 0 bridgehead atoms. The molecular formula is C43H60N4O9. The van der Waals surface area contributed by atoms with E-state index in [0.717, 1.165) is 11.3 Å². The Labute approximate surface area is 331 Å². The molecule has 13 heteroatoms. The predicted octanol–water partition coefficient (Wildman–Crippen LogP) is 4.78. The first-order chi connectivity index (χ1) is 26.4. The number of carbonyl (C=O) groups is 3. The Morgan fingerprint density at radius 1 is 1.07 bits per heavy atom. The zero-order valence-electron chi connectivity index (χ0n) is 34.5. The quantitative estimate of drug-likeness (QED) is 0.172. The lowest BCUT2D eigenvalue weighted by Crippen LogP contribution is -2.59. The fourth-order valence-corrected chi connectivity index (χ4v) is 9.04. The summed E-state index contributed by atoms with van der Waals surface area (Å²) in [5.74, 6) is 1.22. The SMILES string of the molecule is C=C1CO[C@]2(C)[C@@H](CC)OC(=O)C(C)C(=O)[C@H](C)[C@@H](O[C@@H]3O[C@H](C)C[C@H](N(C)C)[C@H]3O)[C@](C)(OCC#Cc3ccc(-c4cnccn4)[nH]3)CC(C)C(=O)C(C)[C@H]12. The van der Waals surface area contributed by atoms with Gasteiger partial charge in [-0.3, -0.25) is 24.4 Å². The third kappa shape index (κ3) is 9.01. The number of Topliss-reactive ketones (excluding diaryl/α,β-unsaturated/α-hetero) is 2. The number of nitrogens with one attached hydrogen (secondary N) is 1. The summed E-state index contributed by atoms with van der Waals surface area (Å²) in [4.78, 5) is 56.5. The number of ketones is 2. The Morgan fingerprint density at radius 3 is 2.46 bits per heavy atom. The molecule has 56 heavy (non-hydrogen) atoms. The van der Waals surface area contributed by atoms with Gasteiger partial charge >= 0.3 is 5.97 Å². The average Bonchev–Trinajstić information content (AvgIpc) is 3.77. The molecule has 2 N–H and O–H groups in total. The number of aromatic nitrogens is 3. The molecule has 306 valence electrons. The molecule has 3 saturated heterocycles. The molecule has 3 unspecified atom stereocenters. The first-order valence-electron chi connectivity index (χ1n) is 19.7. The van der Waals surface area contributed by atoms with E-state index in [4.69, 9.17) is 23.7 Å². The third-order valence-electron chi connectivity index (χ3n) is 12.1. The van der Waals surface area contributed by atoms with Gasteiger partial charge in [0.2, 0.25) is 0 Å². The van der Waals surface area contributed by atoms with Gasteiger partial charge in [0.25, 0.3) is 0 Å². The number of aliphatic hydroxyl groups is 1. The van der Waals surface area contributed by atoms with E-state index in [1.54, 1.807) is 32.4 Å². The van der Waals surface area contributed by atoms with Crippen LogP contribution in [0.4, 0.5) is 0 Å². The third-order valence-corrected chi connectivity index (χ3v) is 12.1. The number of esters is 1. The van der Waals surface area contributed by atoms with Gasteiger partial charge in [0, 0.05) is 42.1 Å². The largest absolute Gasteiger partial charge is 0.459 e. The molecule has 0 saturated carbocycles. The zero-order chi connectivity index (χ0) is 41.1. The predicted molar refractivity (Wildman–Crippen MR) is 209 cm³/mol. The maximum absolute atomic E-state index is 14.6. The number of ether oxygens (including phenoxy) is 5. The van der Waals surface area contributed by atoms with Crippen molar-refractivity contribution in [1.82, 2.24) is 19.9 Å². The van der Waals surface area contributed by atoms with Crippen molar-refractivity contribution in [3.05, 3.63) is 48.6 Å². The van der Waals surface area contributed by atoms with E-state index in [2.05, 4.69) is 33.4 Å². The molecule has 5 rings (SSSR count). The highest BCUT2D eigenvalue weighted by Gasteiger charge is 2.55. The molecule has 0 spiro atoms. The summed E-state index contributed by atoms with van der Waals surface area (Å²) < 4.78 is 32.0. The smallest absolute Gasteiger partial charge is 0.316 e. The van der Waals surface area contributed by atoms with Crippen LogP contribution in [0, 0.1) is 41.4 Å². The van der Waals surface area contributed by atoms with Crippen LogP contribution in [0.2, 0.25) is 0 Å². The number of likely N-dealkylation sites (N-methyl/N-ethyl adjacent to an activating group) is 1. The number of hydrogen-bond donors (Lipinski definition) is 2. The fourth-order valence-electron chi connectivity index (χ4n) is 9.04. The summed E-state index contributed by atoms with van der Waals surface area (Å²) in [5.41, 5.74) is 0.405. The fraction of sp³-hybridized carbons (Fsp3) is 0.651. The van der Waals surface area contributed by atoms with Gasteiger partial charge in [-0.2, -0.15) is 0 Å². The molecule has 2 aromatic rings. The summed E-state index contributed by atoms with van der Waals surface area (Å²) in [6.45, 7) is 18.8. The summed E-state index contributed by atoms with van der Waals surface area (Å²) in [7, 11) is 3.76. The van der Waals surface area contributed by atoms with Crippen LogP contribution in [0.25, 0.3) is 11.4 Å². The van der Waals surface area contributed by atoms with Crippen LogP contribution in [-0.4, -0.2) is 118 Å². The highest BCUT2D eigenvalue weighted by atomic mass is 16.7. The van der Waals surface area contributed by atoms with E-state index in [1.807, 2.05) is 65.7 Å². The molecule has 0 radical (unpaired) electrons. The average molecular weight is 777 g/mol. The molecule has 3 aliphatic rings. The highest BCUT2D eigenvalue weighted by molar-refractivity contribution is 6.00. The molecule has 3 fully saturated rings. The van der Waals surface area contributed by atoms with Crippen molar-refractivity contribution in [1.29, 1.82) is 0 Å². The maximum atomic E-state index is 14.6. The van der Waals surface area contributed by atoms with Crippen LogP contribution in [-0.2, 0) is 38.1 Å². The van der Waals surface area contributed by atoms with Crippen LogP contribution >= 0.6 is 0 Å². The molecule has 3 aliphatic heterocycles. The van der Waals surface area contributed by atoms with Gasteiger partial charge in [-0.1, -0.05) is 40.2 Å². The maximum Gasteiger partial charge on any atom is 0.316 e. The Morgan fingerprint density at radius 2 is 1.80 bits per heavy atom. The Balaban J connectivity index is 1.55. The van der Waals surface area contributed by atoms with Gasteiger partial charge in [-0.25, -0.2) is 0 Å². The monoisotopic (exact) mass is 776 g/mol. The molecule has 2 aromatic heterocycles. The number of aromatic amines is 1. The number of cyclic esters (lactones) is 1. The van der Waals surface area contributed by atoms with E-state index < -0.39 is 77.1 Å². The van der Waals surface area contributed by atoms with Crippen LogP contribution in [0.5, 0.6) is 0 Å². The number of hydrogen-bond acceptors (Lipinski definition) is 12. The van der Waals surface area contributed by atoms with E-state index in [0.29, 0.717) is 24.2 Å². The Bertz CT molecular complexity index is 1790. The minimum Gasteiger partial charge on any atom is -0.459 e. The molecule has 13 nitrogen and oxygen atoms in total. The number of fused-ring (bicyclic) bond motifs is 1. The second-order valence-corrected chi connectivity index (χ2v) is 16.6. The number of rotatable bonds is 7. The van der Waals surface area contributed by atoms with Crippen molar-refractivity contribution >= 4 is 17.5 Å². The lowest BCUT2D eigenvalue weighted by atomic mass is 9.69. The van der Waals surface area contributed by atoms with Gasteiger partial charge in [-0.05, 0) is 84.7 Å². The van der Waals surface area contributed by atoms with Gasteiger partial charge < -0.3 is 38.7 Å². The first-order valence-corrected chi connectivity index (χ1v) is 19.7. The zero-order valence-corrected chi connectivity index (χ0v) is 34.5. The second-order valence-electron chi connectivity index (χ2n) is 16.6. The standard InChI is InChI=1S/C43H60N4O9/c1-12-34-43(9)35(25(3)23-53-43)27(5)36(48)24(2)21-42(8,52-19-13-14-30-15-16-31(46-30)32-22-44-17-18-45-32)39(28(6)37(49)29(7)40(51)55-34)56-41-38(50)33(47(10)11)20-26(4)54-41/h15-18,22,24,26-29,33-35,38-39,41,46,50H,3,12,19-21,23H2,1-2,4-11H3/t24?,26-,27?,28+,29?,33+,34-,35+,38-,39-,41+,42-,43-/m1/s1. The summed E-state index contributed by atoms with van der Waals surface area (Å²) in [6.07, 6.45) is 1.64. The van der Waals surface area contributed by atoms with E-state index in [9.17, 15) is 19.5 Å². The van der Waals surface area contributed by atoms with Crippen molar-refractivity contribution in [3.8, 4) is 23.2 Å². The van der Waals surface area contributed by atoms with E-state index >= 15 is 0 Å². The first kappa shape index (κ1) is 43.4. The molecular weight excluding hydrogens is 716 g/mol. The molecule has 0 amide bonds. The number of carbonyl (C=O) groups excluding carboxylic acids is 3. The van der Waals surface area contributed by atoms with Gasteiger partial charge in [0.05, 0.1) is 42.0 Å². The molecule has 0 aliphatic carbocycles. The lowest BCUT2D eigenvalue weighted by molar-refractivity contribution is -0.296. The summed E-state index contributed by atoms with van der Waals surface area (Å²) >= 11 is 0. The van der Waals surface area contributed by atoms with Crippen molar-refractivity contribution in [2.45, 2.75) is 123 Å². The highest BCUT2D eigenvalue weighted by Crippen LogP contribution is 2.46. The van der Waals surface area contributed by atoms with Crippen LogP contribution in [0.1, 0.15) is 80.3 Å². The van der Waals surface area contributed by atoms with Gasteiger partial charge in [-0.15, -0.1) is 0 Å². The van der Waals surface area contributed by atoms with Crippen molar-refractivity contribution in [3.63, 3.8) is 0 Å². The van der Waals surface area contributed by atoms with Crippen molar-refractivity contribution < 1.29 is 43.2 Å². The number of aliphatic hydroxyl groups excluding tert-OH is 1. The molecule has 0 aromatic carbocycles. The van der Waals surface area contributed by atoms with E-state index in [1.165, 1.54) is 6.92 Å².